The second-order valence-electron chi connectivity index (χ2n) is 8.05. The predicted molar refractivity (Wildman–Crippen MR) is 86.0 cm³/mol. The fourth-order valence-corrected chi connectivity index (χ4v) is 5.05. The van der Waals surface area contributed by atoms with Gasteiger partial charge in [0.2, 0.25) is 0 Å². The van der Waals surface area contributed by atoms with Crippen LogP contribution in [0.3, 0.4) is 0 Å². The van der Waals surface area contributed by atoms with Crippen molar-refractivity contribution in [3.63, 3.8) is 0 Å². The molecular weight excluding hydrogens is 244 g/mol. The summed E-state index contributed by atoms with van der Waals surface area (Å²) in [6, 6.07) is 2.59. The molecule has 0 radical (unpaired) electrons. The maximum atomic E-state index is 3.78. The zero-order valence-corrected chi connectivity index (χ0v) is 13.7. The van der Waals surface area contributed by atoms with E-state index >= 15 is 0 Å². The molecule has 3 fully saturated rings. The summed E-state index contributed by atoms with van der Waals surface area (Å²) in [5.41, 5.74) is 0.628. The molecule has 2 aliphatic heterocycles. The second-order valence-corrected chi connectivity index (χ2v) is 8.05. The summed E-state index contributed by atoms with van der Waals surface area (Å²) >= 11 is 0. The highest BCUT2D eigenvalue weighted by atomic mass is 15.2. The van der Waals surface area contributed by atoms with Gasteiger partial charge in [0.25, 0.3) is 0 Å². The van der Waals surface area contributed by atoms with Crippen molar-refractivity contribution in [2.75, 3.05) is 13.1 Å². The van der Waals surface area contributed by atoms with Gasteiger partial charge in [-0.2, -0.15) is 0 Å². The molecule has 1 aliphatic carbocycles. The fourth-order valence-electron chi connectivity index (χ4n) is 5.05. The molecule has 2 unspecified atom stereocenters. The number of hydrogen-bond donors (Lipinski definition) is 1. The fraction of sp³-hybridized carbons (Fsp3) is 1.00. The van der Waals surface area contributed by atoms with E-state index in [2.05, 4.69) is 24.1 Å². The smallest absolute Gasteiger partial charge is 0.0114 e. The van der Waals surface area contributed by atoms with Gasteiger partial charge in [-0.15, -0.1) is 0 Å². The molecule has 0 aromatic heterocycles. The highest BCUT2D eigenvalue weighted by molar-refractivity contribution is 4.99. The molecule has 1 saturated carbocycles. The lowest BCUT2D eigenvalue weighted by atomic mass is 9.74. The third kappa shape index (κ3) is 3.22. The molecular formula is C18H34N2. The maximum Gasteiger partial charge on any atom is 0.0114 e. The molecule has 2 nitrogen and oxygen atoms in total. The Hall–Kier alpha value is -0.0800. The Morgan fingerprint density at radius 1 is 1.05 bits per heavy atom. The molecule has 0 aromatic carbocycles. The van der Waals surface area contributed by atoms with Crippen molar-refractivity contribution in [1.82, 2.24) is 10.2 Å². The minimum atomic E-state index is 0.628. The standard InChI is InChI=1S/C18H34N2/c1-3-11-19-15-12-16-7-8-17(13-15)20(16)14-18(2)9-5-4-6-10-18/h15-17,19H,3-14H2,1-2H3. The number of fused-ring (bicyclic) bond motifs is 2. The monoisotopic (exact) mass is 278 g/mol. The van der Waals surface area contributed by atoms with E-state index in [4.69, 9.17) is 0 Å². The SMILES string of the molecule is CCCNC1CC2CCC(C1)N2CC1(C)CCCCC1. The van der Waals surface area contributed by atoms with Crippen LogP contribution in [0.15, 0.2) is 0 Å². The van der Waals surface area contributed by atoms with Gasteiger partial charge in [-0.05, 0) is 56.9 Å². The third-order valence-electron chi connectivity index (χ3n) is 6.19. The van der Waals surface area contributed by atoms with Crippen LogP contribution in [0, 0.1) is 5.41 Å². The molecule has 2 heterocycles. The van der Waals surface area contributed by atoms with Crippen molar-refractivity contribution in [2.24, 2.45) is 5.41 Å². The summed E-state index contributed by atoms with van der Waals surface area (Å²) in [5, 5.41) is 3.78. The number of nitrogens with one attached hydrogen (secondary N) is 1. The summed E-state index contributed by atoms with van der Waals surface area (Å²) in [5.74, 6) is 0. The predicted octanol–water partition coefficient (Wildman–Crippen LogP) is 3.95. The lowest BCUT2D eigenvalue weighted by Crippen LogP contribution is -2.52. The van der Waals surface area contributed by atoms with Gasteiger partial charge in [-0.3, -0.25) is 4.90 Å². The van der Waals surface area contributed by atoms with E-state index in [1.54, 1.807) is 0 Å². The number of nitrogens with zero attached hydrogens (tertiary/aromatic N) is 1. The Morgan fingerprint density at radius 2 is 1.70 bits per heavy atom. The van der Waals surface area contributed by atoms with Crippen LogP contribution in [0.1, 0.15) is 78.1 Å². The van der Waals surface area contributed by atoms with Crippen molar-refractivity contribution in [2.45, 2.75) is 96.2 Å². The zero-order chi connectivity index (χ0) is 14.0. The highest BCUT2D eigenvalue weighted by Gasteiger charge is 2.43. The molecule has 2 atom stereocenters. The molecule has 3 aliphatic rings. The van der Waals surface area contributed by atoms with E-state index in [9.17, 15) is 0 Å². The van der Waals surface area contributed by atoms with Gasteiger partial charge >= 0.3 is 0 Å². The van der Waals surface area contributed by atoms with Crippen LogP contribution in [0.4, 0.5) is 0 Å². The molecule has 0 aromatic rings. The highest BCUT2D eigenvalue weighted by Crippen LogP contribution is 2.42. The van der Waals surface area contributed by atoms with Crippen molar-refractivity contribution < 1.29 is 0 Å². The van der Waals surface area contributed by atoms with E-state index in [1.165, 1.54) is 77.3 Å². The van der Waals surface area contributed by atoms with E-state index in [0.717, 1.165) is 18.1 Å². The lowest BCUT2D eigenvalue weighted by molar-refractivity contribution is 0.0497. The lowest BCUT2D eigenvalue weighted by Gasteiger charge is -2.45. The first kappa shape index (κ1) is 14.8. The maximum absolute atomic E-state index is 3.78. The number of piperidine rings is 1. The minimum Gasteiger partial charge on any atom is -0.314 e. The Balaban J connectivity index is 1.56. The van der Waals surface area contributed by atoms with Crippen LogP contribution >= 0.6 is 0 Å². The van der Waals surface area contributed by atoms with Crippen LogP contribution < -0.4 is 5.32 Å². The van der Waals surface area contributed by atoms with Gasteiger partial charge < -0.3 is 5.32 Å². The zero-order valence-electron chi connectivity index (χ0n) is 13.7. The van der Waals surface area contributed by atoms with Gasteiger partial charge in [-0.1, -0.05) is 33.1 Å². The Kier molecular flexibility index (Phi) is 4.72. The first-order valence-electron chi connectivity index (χ1n) is 9.19. The van der Waals surface area contributed by atoms with Gasteiger partial charge in [-0.25, -0.2) is 0 Å². The summed E-state index contributed by atoms with van der Waals surface area (Å²) in [6.07, 6.45) is 14.4. The van der Waals surface area contributed by atoms with Gasteiger partial charge in [0.05, 0.1) is 0 Å². The van der Waals surface area contributed by atoms with Crippen LogP contribution in [0.5, 0.6) is 0 Å². The number of hydrogen-bond acceptors (Lipinski definition) is 2. The normalized spacial score (nSPS) is 37.2. The summed E-state index contributed by atoms with van der Waals surface area (Å²) < 4.78 is 0. The summed E-state index contributed by atoms with van der Waals surface area (Å²) in [7, 11) is 0. The Bertz CT molecular complexity index is 295. The second kappa shape index (κ2) is 6.36. The van der Waals surface area contributed by atoms with Crippen LogP contribution in [-0.2, 0) is 0 Å². The van der Waals surface area contributed by atoms with Crippen molar-refractivity contribution in [3.05, 3.63) is 0 Å². The first-order chi connectivity index (χ1) is 9.70. The van der Waals surface area contributed by atoms with Gasteiger partial charge in [0, 0.05) is 24.7 Å². The molecule has 2 bridgehead atoms. The van der Waals surface area contributed by atoms with Crippen LogP contribution in [-0.4, -0.2) is 36.1 Å². The number of rotatable bonds is 5. The molecule has 3 rings (SSSR count). The van der Waals surface area contributed by atoms with E-state index in [0.29, 0.717) is 5.41 Å². The van der Waals surface area contributed by atoms with Gasteiger partial charge in [0.1, 0.15) is 0 Å². The topological polar surface area (TPSA) is 15.3 Å². The molecule has 2 saturated heterocycles. The largest absolute Gasteiger partial charge is 0.314 e. The minimum absolute atomic E-state index is 0.628. The molecule has 0 spiro atoms. The van der Waals surface area contributed by atoms with Crippen molar-refractivity contribution in [1.29, 1.82) is 0 Å². The summed E-state index contributed by atoms with van der Waals surface area (Å²) in [6.45, 7) is 7.44. The van der Waals surface area contributed by atoms with E-state index in [-0.39, 0.29) is 0 Å². The van der Waals surface area contributed by atoms with Crippen LogP contribution in [0.25, 0.3) is 0 Å². The first-order valence-corrected chi connectivity index (χ1v) is 9.19. The Labute approximate surface area is 125 Å². The average molecular weight is 278 g/mol. The van der Waals surface area contributed by atoms with Crippen molar-refractivity contribution >= 4 is 0 Å². The third-order valence-corrected chi connectivity index (χ3v) is 6.19. The molecule has 2 heteroatoms. The van der Waals surface area contributed by atoms with Crippen LogP contribution in [0.2, 0.25) is 0 Å². The van der Waals surface area contributed by atoms with E-state index in [1.807, 2.05) is 0 Å². The van der Waals surface area contributed by atoms with E-state index < -0.39 is 0 Å². The van der Waals surface area contributed by atoms with Gasteiger partial charge in [0.15, 0.2) is 0 Å². The molecule has 116 valence electrons. The Morgan fingerprint density at radius 3 is 2.30 bits per heavy atom. The van der Waals surface area contributed by atoms with Crippen molar-refractivity contribution in [3.8, 4) is 0 Å². The average Bonchev–Trinajstić information content (AvgIpc) is 2.68. The molecule has 20 heavy (non-hydrogen) atoms. The quantitative estimate of drug-likeness (QED) is 0.819. The summed E-state index contributed by atoms with van der Waals surface area (Å²) in [4.78, 5) is 2.93. The molecule has 1 N–H and O–H groups in total. The molecule has 0 amide bonds.